The van der Waals surface area contributed by atoms with Gasteiger partial charge < -0.3 is 10.8 Å². The number of aliphatic hydroxyl groups is 1. The van der Waals surface area contributed by atoms with Crippen LogP contribution in [0.1, 0.15) is 18.9 Å². The van der Waals surface area contributed by atoms with E-state index in [-0.39, 0.29) is 24.6 Å². The maximum atomic E-state index is 12.4. The molecular formula is C14H18N2O4S. The number of aliphatic hydroxyl groups excluding tert-OH is 1. The maximum Gasteiger partial charge on any atom is 0.243 e. The van der Waals surface area contributed by atoms with Crippen LogP contribution in [0.5, 0.6) is 0 Å². The first kappa shape index (κ1) is 17.2. The topological polar surface area (TPSA) is 101 Å². The number of sulfonamides is 1. The second-order valence-electron chi connectivity index (χ2n) is 4.20. The molecule has 0 fully saturated rings. The molecule has 0 spiro atoms. The number of hydrogen-bond donors (Lipinski definition) is 2. The first-order chi connectivity index (χ1) is 9.91. The fourth-order valence-corrected chi connectivity index (χ4v) is 3.11. The minimum Gasteiger partial charge on any atom is -0.395 e. The molecule has 1 aromatic carbocycles. The van der Waals surface area contributed by atoms with Gasteiger partial charge in [0.15, 0.2) is 0 Å². The molecule has 3 N–H and O–H groups in total. The van der Waals surface area contributed by atoms with Gasteiger partial charge in [-0.25, -0.2) is 8.42 Å². The largest absolute Gasteiger partial charge is 0.395 e. The van der Waals surface area contributed by atoms with Gasteiger partial charge in [-0.05, 0) is 18.2 Å². The lowest BCUT2D eigenvalue weighted by atomic mass is 10.2. The van der Waals surface area contributed by atoms with Crippen LogP contribution in [-0.2, 0) is 14.8 Å². The number of benzene rings is 1. The van der Waals surface area contributed by atoms with Gasteiger partial charge in [0.2, 0.25) is 15.9 Å². The number of carbonyl (C=O) groups excluding carboxylic acids is 1. The van der Waals surface area contributed by atoms with Crippen molar-refractivity contribution in [1.82, 2.24) is 4.31 Å². The van der Waals surface area contributed by atoms with Crippen LogP contribution in [-0.4, -0.2) is 43.4 Å². The van der Waals surface area contributed by atoms with Crippen molar-refractivity contribution in [3.63, 3.8) is 0 Å². The maximum absolute atomic E-state index is 12.4. The van der Waals surface area contributed by atoms with Crippen LogP contribution in [0.25, 0.3) is 0 Å². The van der Waals surface area contributed by atoms with Gasteiger partial charge in [-0.2, -0.15) is 4.31 Å². The highest BCUT2D eigenvalue weighted by Crippen LogP contribution is 2.16. The zero-order valence-corrected chi connectivity index (χ0v) is 12.6. The van der Waals surface area contributed by atoms with Crippen molar-refractivity contribution < 1.29 is 18.3 Å². The highest BCUT2D eigenvalue weighted by molar-refractivity contribution is 7.89. The average molecular weight is 310 g/mol. The van der Waals surface area contributed by atoms with Crippen LogP contribution in [0, 0.1) is 11.8 Å². The predicted molar refractivity (Wildman–Crippen MR) is 78.7 cm³/mol. The zero-order chi connectivity index (χ0) is 15.9. The van der Waals surface area contributed by atoms with Crippen molar-refractivity contribution >= 4 is 15.9 Å². The van der Waals surface area contributed by atoms with Gasteiger partial charge in [-0.1, -0.05) is 24.8 Å². The van der Waals surface area contributed by atoms with Crippen molar-refractivity contribution in [1.29, 1.82) is 0 Å². The Kier molecular flexibility index (Phi) is 6.37. The number of rotatable bonds is 6. The Morgan fingerprint density at radius 1 is 1.43 bits per heavy atom. The molecule has 0 aromatic heterocycles. The first-order valence-corrected chi connectivity index (χ1v) is 7.84. The van der Waals surface area contributed by atoms with Crippen LogP contribution in [0.15, 0.2) is 29.2 Å². The average Bonchev–Trinajstić information content (AvgIpc) is 2.45. The van der Waals surface area contributed by atoms with E-state index >= 15 is 0 Å². The Labute approximate surface area is 124 Å². The third-order valence-corrected chi connectivity index (χ3v) is 4.54. The lowest BCUT2D eigenvalue weighted by Crippen LogP contribution is -2.38. The van der Waals surface area contributed by atoms with Crippen LogP contribution in [0.2, 0.25) is 0 Å². The van der Waals surface area contributed by atoms with E-state index in [0.717, 1.165) is 4.31 Å². The molecule has 6 nitrogen and oxygen atoms in total. The molecule has 0 unspecified atom stereocenters. The van der Waals surface area contributed by atoms with Crippen molar-refractivity contribution in [2.75, 3.05) is 19.7 Å². The number of nitrogens with two attached hydrogens (primary N) is 1. The van der Waals surface area contributed by atoms with E-state index < -0.39 is 15.9 Å². The lowest BCUT2D eigenvalue weighted by Gasteiger charge is -2.18. The van der Waals surface area contributed by atoms with Crippen LogP contribution in [0.3, 0.4) is 0 Å². The highest BCUT2D eigenvalue weighted by atomic mass is 32.2. The molecule has 0 aliphatic heterocycles. The Hall–Kier alpha value is -1.88. The molecule has 0 radical (unpaired) electrons. The summed E-state index contributed by atoms with van der Waals surface area (Å²) in [5.74, 6) is 4.79. The van der Waals surface area contributed by atoms with E-state index in [1.165, 1.54) is 12.1 Å². The predicted octanol–water partition coefficient (Wildman–Crippen LogP) is -0.0836. The fraction of sp³-hybridized carbons (Fsp3) is 0.357. The summed E-state index contributed by atoms with van der Waals surface area (Å²) in [6.45, 7) is 1.36. The molecule has 0 saturated heterocycles. The number of nitrogens with zero attached hydrogens (tertiary/aromatic N) is 1. The number of hydrogen-bond acceptors (Lipinski definition) is 4. The lowest BCUT2D eigenvalue weighted by molar-refractivity contribution is -0.118. The van der Waals surface area contributed by atoms with E-state index in [0.29, 0.717) is 12.0 Å². The first-order valence-electron chi connectivity index (χ1n) is 6.40. The summed E-state index contributed by atoms with van der Waals surface area (Å²) < 4.78 is 25.8. The Morgan fingerprint density at radius 2 is 2.14 bits per heavy atom. The molecule has 21 heavy (non-hydrogen) atoms. The zero-order valence-electron chi connectivity index (χ0n) is 11.7. The second kappa shape index (κ2) is 7.78. The summed E-state index contributed by atoms with van der Waals surface area (Å²) in [7, 11) is -3.78. The summed E-state index contributed by atoms with van der Waals surface area (Å²) in [5.41, 5.74) is 5.59. The number of primary amides is 1. The number of likely N-dealkylation sites (N-methyl/N-ethyl adjacent to an activating group) is 1. The van der Waals surface area contributed by atoms with Gasteiger partial charge in [0, 0.05) is 18.5 Å². The Balaban J connectivity index is 3.11. The second-order valence-corrected chi connectivity index (χ2v) is 6.14. The monoisotopic (exact) mass is 310 g/mol. The van der Waals surface area contributed by atoms with Crippen molar-refractivity contribution in [3.8, 4) is 11.8 Å². The van der Waals surface area contributed by atoms with Gasteiger partial charge in [-0.3, -0.25) is 4.79 Å². The summed E-state index contributed by atoms with van der Waals surface area (Å²) >= 11 is 0. The molecule has 1 amide bonds. The van der Waals surface area contributed by atoms with Gasteiger partial charge in [-0.15, -0.1) is 0 Å². The standard InChI is InChI=1S/C14H18N2O4S/c1-2-16(11-14(15)18)21(19,20)13-8-5-7-12(10-13)6-3-4-9-17/h5,7-8,10,17H,2,4,9,11H2,1H3,(H2,15,18). The van der Waals surface area contributed by atoms with E-state index in [9.17, 15) is 13.2 Å². The van der Waals surface area contributed by atoms with E-state index in [1.54, 1.807) is 19.1 Å². The molecule has 0 atom stereocenters. The molecule has 0 saturated carbocycles. The molecule has 0 heterocycles. The SMILES string of the molecule is CCN(CC(N)=O)S(=O)(=O)c1cccc(C#CCCO)c1. The van der Waals surface area contributed by atoms with E-state index in [1.807, 2.05) is 0 Å². The molecule has 0 aliphatic rings. The summed E-state index contributed by atoms with van der Waals surface area (Å²) in [5, 5.41) is 8.67. The third kappa shape index (κ3) is 4.86. The molecule has 1 rings (SSSR count). The molecule has 0 aliphatic carbocycles. The van der Waals surface area contributed by atoms with Gasteiger partial charge in [0.1, 0.15) is 0 Å². The van der Waals surface area contributed by atoms with Crippen LogP contribution < -0.4 is 5.73 Å². The Bertz CT molecular complexity index is 659. The minimum atomic E-state index is -3.78. The van der Waals surface area contributed by atoms with Crippen molar-refractivity contribution in [2.45, 2.75) is 18.2 Å². The van der Waals surface area contributed by atoms with Gasteiger partial charge in [0.05, 0.1) is 18.0 Å². The third-order valence-electron chi connectivity index (χ3n) is 2.63. The summed E-state index contributed by atoms with van der Waals surface area (Å²) in [6.07, 6.45) is 0.319. The van der Waals surface area contributed by atoms with E-state index in [4.69, 9.17) is 10.8 Å². The molecular weight excluding hydrogens is 292 g/mol. The van der Waals surface area contributed by atoms with Crippen molar-refractivity contribution in [3.05, 3.63) is 29.8 Å². The van der Waals surface area contributed by atoms with Gasteiger partial charge >= 0.3 is 0 Å². The van der Waals surface area contributed by atoms with E-state index in [2.05, 4.69) is 11.8 Å². The number of carbonyl (C=O) groups is 1. The minimum absolute atomic E-state index is 0.0484. The summed E-state index contributed by atoms with van der Waals surface area (Å²) in [6, 6.07) is 6.13. The molecule has 0 bridgehead atoms. The fourth-order valence-electron chi connectivity index (χ4n) is 1.64. The number of amides is 1. The highest BCUT2D eigenvalue weighted by Gasteiger charge is 2.24. The van der Waals surface area contributed by atoms with Crippen molar-refractivity contribution in [2.24, 2.45) is 5.73 Å². The molecule has 1 aromatic rings. The Morgan fingerprint density at radius 3 is 2.71 bits per heavy atom. The van der Waals surface area contributed by atoms with Crippen LogP contribution in [0.4, 0.5) is 0 Å². The quantitative estimate of drug-likeness (QED) is 0.717. The molecule has 114 valence electrons. The summed E-state index contributed by atoms with van der Waals surface area (Å²) in [4.78, 5) is 11.0. The smallest absolute Gasteiger partial charge is 0.243 e. The van der Waals surface area contributed by atoms with Gasteiger partial charge in [0.25, 0.3) is 0 Å². The van der Waals surface area contributed by atoms with Crippen LogP contribution >= 0.6 is 0 Å². The normalized spacial score (nSPS) is 11.0. The molecule has 7 heteroatoms.